The van der Waals surface area contributed by atoms with Gasteiger partial charge in [-0.1, -0.05) is 18.5 Å². The van der Waals surface area contributed by atoms with Gasteiger partial charge in [0.05, 0.1) is 29.3 Å². The van der Waals surface area contributed by atoms with Crippen molar-refractivity contribution in [1.82, 2.24) is 14.9 Å². The van der Waals surface area contributed by atoms with E-state index in [1.807, 2.05) is 17.9 Å². The van der Waals surface area contributed by atoms with Crippen LogP contribution in [-0.4, -0.2) is 27.3 Å². The lowest BCUT2D eigenvalue weighted by molar-refractivity contribution is 0.0709. The van der Waals surface area contributed by atoms with Crippen molar-refractivity contribution in [3.63, 3.8) is 0 Å². The number of hydrogen-bond acceptors (Lipinski definition) is 3. The second-order valence-corrected chi connectivity index (χ2v) is 5.93. The quantitative estimate of drug-likeness (QED) is 0.838. The molecule has 110 valence electrons. The normalized spacial score (nSPS) is 18.0. The molecule has 1 aliphatic heterocycles. The molecule has 5 nitrogen and oxygen atoms in total. The molecule has 0 aliphatic carbocycles. The summed E-state index contributed by atoms with van der Waals surface area (Å²) >= 11 is 6.06. The summed E-state index contributed by atoms with van der Waals surface area (Å²) in [6, 6.07) is 3.49. The van der Waals surface area contributed by atoms with Gasteiger partial charge in [-0.25, -0.2) is 4.98 Å². The molecule has 3 rings (SSSR count). The van der Waals surface area contributed by atoms with Crippen LogP contribution in [0, 0.1) is 6.92 Å². The third kappa shape index (κ3) is 2.38. The standard InChI is InChI=1S/C15H17ClN4O/c1-8-5-20(6-14-9(2)18-7-19-14)15(21)11-3-12(16)13(17)4-10(8)11/h3-4,7-8H,5-6,17H2,1-2H3,(H,18,19). The molecular formula is C15H17ClN4O. The Kier molecular flexibility index (Phi) is 3.37. The number of halogens is 1. The molecule has 3 N–H and O–H groups in total. The molecule has 0 spiro atoms. The number of fused-ring (bicyclic) bond motifs is 1. The zero-order valence-electron chi connectivity index (χ0n) is 12.0. The first kappa shape index (κ1) is 13.9. The fraction of sp³-hybridized carbons (Fsp3) is 0.333. The van der Waals surface area contributed by atoms with Crippen molar-refractivity contribution >= 4 is 23.2 Å². The SMILES string of the molecule is Cc1[nH]cnc1CN1CC(C)c2cc(N)c(Cl)cc2C1=O. The van der Waals surface area contributed by atoms with Crippen molar-refractivity contribution in [2.75, 3.05) is 12.3 Å². The molecule has 0 bridgehead atoms. The molecule has 0 saturated carbocycles. The number of H-pyrrole nitrogens is 1. The predicted octanol–water partition coefficient (Wildman–Crippen LogP) is 2.71. The van der Waals surface area contributed by atoms with Crippen molar-refractivity contribution in [3.8, 4) is 0 Å². The van der Waals surface area contributed by atoms with E-state index in [0.717, 1.165) is 17.0 Å². The first-order valence-electron chi connectivity index (χ1n) is 6.84. The summed E-state index contributed by atoms with van der Waals surface area (Å²) in [6.45, 7) is 5.19. The second-order valence-electron chi connectivity index (χ2n) is 5.52. The maximum atomic E-state index is 12.7. The summed E-state index contributed by atoms with van der Waals surface area (Å²) in [5, 5.41) is 0.423. The number of aryl methyl sites for hydroxylation is 1. The van der Waals surface area contributed by atoms with Crippen LogP contribution in [0.25, 0.3) is 0 Å². The Balaban J connectivity index is 1.95. The van der Waals surface area contributed by atoms with Gasteiger partial charge in [0.15, 0.2) is 0 Å². The van der Waals surface area contributed by atoms with Gasteiger partial charge >= 0.3 is 0 Å². The molecule has 0 fully saturated rings. The van der Waals surface area contributed by atoms with Crippen LogP contribution in [0.5, 0.6) is 0 Å². The number of imidazole rings is 1. The zero-order valence-corrected chi connectivity index (χ0v) is 12.7. The summed E-state index contributed by atoms with van der Waals surface area (Å²) in [5.74, 6) is 0.198. The second kappa shape index (κ2) is 5.07. The zero-order chi connectivity index (χ0) is 15.1. The molecule has 2 aromatic rings. The van der Waals surface area contributed by atoms with Crippen LogP contribution in [0.4, 0.5) is 5.69 Å². The van der Waals surface area contributed by atoms with Crippen LogP contribution in [0.2, 0.25) is 5.02 Å². The predicted molar refractivity (Wildman–Crippen MR) is 82.3 cm³/mol. The molecule has 21 heavy (non-hydrogen) atoms. The van der Waals surface area contributed by atoms with E-state index in [-0.39, 0.29) is 11.8 Å². The number of anilines is 1. The lowest BCUT2D eigenvalue weighted by atomic mass is 9.90. The topological polar surface area (TPSA) is 75.0 Å². The molecule has 2 heterocycles. The Morgan fingerprint density at radius 2 is 2.29 bits per heavy atom. The first-order valence-corrected chi connectivity index (χ1v) is 7.22. The number of amides is 1. The summed E-state index contributed by atoms with van der Waals surface area (Å²) < 4.78 is 0. The summed E-state index contributed by atoms with van der Waals surface area (Å²) in [6.07, 6.45) is 1.65. The van der Waals surface area contributed by atoms with E-state index < -0.39 is 0 Å². The van der Waals surface area contributed by atoms with Gasteiger partial charge in [0.2, 0.25) is 0 Å². The Hall–Kier alpha value is -2.01. The number of aromatic amines is 1. The highest BCUT2D eigenvalue weighted by Gasteiger charge is 2.30. The third-order valence-corrected chi connectivity index (χ3v) is 4.31. The highest BCUT2D eigenvalue weighted by molar-refractivity contribution is 6.33. The van der Waals surface area contributed by atoms with Crippen molar-refractivity contribution < 1.29 is 4.79 Å². The molecule has 1 aromatic heterocycles. The van der Waals surface area contributed by atoms with Gasteiger partial charge < -0.3 is 15.6 Å². The minimum Gasteiger partial charge on any atom is -0.398 e. The maximum absolute atomic E-state index is 12.7. The van der Waals surface area contributed by atoms with Crippen molar-refractivity contribution in [2.45, 2.75) is 26.3 Å². The number of aromatic nitrogens is 2. The maximum Gasteiger partial charge on any atom is 0.254 e. The van der Waals surface area contributed by atoms with Crippen LogP contribution in [0.3, 0.4) is 0 Å². The smallest absolute Gasteiger partial charge is 0.254 e. The summed E-state index contributed by atoms with van der Waals surface area (Å²) in [7, 11) is 0. The van der Waals surface area contributed by atoms with E-state index in [2.05, 4.69) is 16.9 Å². The monoisotopic (exact) mass is 304 g/mol. The van der Waals surface area contributed by atoms with Crippen LogP contribution in [-0.2, 0) is 6.54 Å². The van der Waals surface area contributed by atoms with Gasteiger partial charge in [-0.3, -0.25) is 4.79 Å². The van der Waals surface area contributed by atoms with Gasteiger partial charge in [0.25, 0.3) is 5.91 Å². The molecule has 1 aromatic carbocycles. The lowest BCUT2D eigenvalue weighted by Gasteiger charge is -2.32. The Labute approximate surface area is 128 Å². The number of carbonyl (C=O) groups is 1. The van der Waals surface area contributed by atoms with Crippen LogP contribution in [0.1, 0.15) is 40.2 Å². The fourth-order valence-corrected chi connectivity index (χ4v) is 2.91. The number of carbonyl (C=O) groups excluding carboxylic acids is 1. The average molecular weight is 305 g/mol. The Bertz CT molecular complexity index is 710. The number of nitrogens with zero attached hydrogens (tertiary/aromatic N) is 2. The number of rotatable bonds is 2. The van der Waals surface area contributed by atoms with E-state index in [1.165, 1.54) is 0 Å². The number of hydrogen-bond donors (Lipinski definition) is 2. The van der Waals surface area contributed by atoms with Crippen LogP contribution in [0.15, 0.2) is 18.5 Å². The molecule has 6 heteroatoms. The number of benzene rings is 1. The largest absolute Gasteiger partial charge is 0.398 e. The van der Waals surface area contributed by atoms with Gasteiger partial charge in [-0.05, 0) is 30.5 Å². The Morgan fingerprint density at radius 3 is 2.95 bits per heavy atom. The number of nitrogen functional groups attached to an aromatic ring is 1. The van der Waals surface area contributed by atoms with Gasteiger partial charge in [-0.2, -0.15) is 0 Å². The van der Waals surface area contributed by atoms with E-state index in [0.29, 0.717) is 29.4 Å². The minimum atomic E-state index is -0.0209. The summed E-state index contributed by atoms with van der Waals surface area (Å²) in [4.78, 5) is 21.8. The molecular weight excluding hydrogens is 288 g/mol. The minimum absolute atomic E-state index is 0.0209. The van der Waals surface area contributed by atoms with E-state index in [9.17, 15) is 4.79 Å². The van der Waals surface area contributed by atoms with Gasteiger partial charge in [0.1, 0.15) is 0 Å². The van der Waals surface area contributed by atoms with E-state index in [4.69, 9.17) is 17.3 Å². The molecule has 0 saturated heterocycles. The lowest BCUT2D eigenvalue weighted by Crippen LogP contribution is -2.39. The first-order chi connectivity index (χ1) is 9.97. The number of nitrogens with two attached hydrogens (primary N) is 1. The third-order valence-electron chi connectivity index (χ3n) is 3.99. The Morgan fingerprint density at radius 1 is 1.52 bits per heavy atom. The van der Waals surface area contributed by atoms with Crippen molar-refractivity contribution in [3.05, 3.63) is 46.0 Å². The van der Waals surface area contributed by atoms with Crippen molar-refractivity contribution in [1.29, 1.82) is 0 Å². The number of nitrogens with one attached hydrogen (secondary N) is 1. The highest BCUT2D eigenvalue weighted by Crippen LogP contribution is 2.33. The fourth-order valence-electron chi connectivity index (χ4n) is 2.75. The average Bonchev–Trinajstić information content (AvgIpc) is 2.83. The van der Waals surface area contributed by atoms with Gasteiger partial charge in [-0.15, -0.1) is 0 Å². The van der Waals surface area contributed by atoms with Gasteiger partial charge in [0, 0.05) is 17.8 Å². The summed E-state index contributed by atoms with van der Waals surface area (Å²) in [5.41, 5.74) is 9.85. The molecule has 1 unspecified atom stereocenters. The van der Waals surface area contributed by atoms with Crippen LogP contribution >= 0.6 is 11.6 Å². The highest BCUT2D eigenvalue weighted by atomic mass is 35.5. The van der Waals surface area contributed by atoms with E-state index >= 15 is 0 Å². The molecule has 1 amide bonds. The molecule has 0 radical (unpaired) electrons. The van der Waals surface area contributed by atoms with E-state index in [1.54, 1.807) is 12.4 Å². The van der Waals surface area contributed by atoms with Crippen LogP contribution < -0.4 is 5.73 Å². The van der Waals surface area contributed by atoms with Crippen molar-refractivity contribution in [2.24, 2.45) is 0 Å². The molecule has 1 atom stereocenters. The molecule has 1 aliphatic rings.